The highest BCUT2D eigenvalue weighted by Gasteiger charge is 2.29. The van der Waals surface area contributed by atoms with Crippen LogP contribution in [0.15, 0.2) is 16.8 Å². The first-order valence-electron chi connectivity index (χ1n) is 7.71. The van der Waals surface area contributed by atoms with Crippen LogP contribution in [0, 0.1) is 0 Å². The Kier molecular flexibility index (Phi) is 5.11. The minimum Gasteiger partial charge on any atom is -0.379 e. The van der Waals surface area contributed by atoms with Gasteiger partial charge < -0.3 is 15.0 Å². The van der Waals surface area contributed by atoms with Crippen LogP contribution in [0.4, 0.5) is 4.79 Å². The Balaban J connectivity index is 1.46. The van der Waals surface area contributed by atoms with E-state index < -0.39 is 0 Å². The second-order valence-electron chi connectivity index (χ2n) is 5.59. The van der Waals surface area contributed by atoms with Crippen LogP contribution in [0.2, 0.25) is 0 Å². The molecule has 1 aromatic rings. The first-order valence-corrected chi connectivity index (χ1v) is 8.65. The predicted molar refractivity (Wildman–Crippen MR) is 83.7 cm³/mol. The van der Waals surface area contributed by atoms with Gasteiger partial charge in [-0.25, -0.2) is 4.79 Å². The fraction of sp³-hybridized carbons (Fsp3) is 0.667. The van der Waals surface area contributed by atoms with Gasteiger partial charge in [0.05, 0.1) is 19.3 Å². The maximum Gasteiger partial charge on any atom is 0.317 e. The number of hydrogen-bond donors (Lipinski definition) is 1. The molecule has 0 radical (unpaired) electrons. The van der Waals surface area contributed by atoms with Crippen LogP contribution in [0.1, 0.15) is 24.4 Å². The van der Waals surface area contributed by atoms with Gasteiger partial charge in [0.1, 0.15) is 0 Å². The molecule has 0 saturated carbocycles. The van der Waals surface area contributed by atoms with Crippen molar-refractivity contribution in [3.63, 3.8) is 0 Å². The smallest absolute Gasteiger partial charge is 0.317 e. The number of thiophene rings is 1. The Morgan fingerprint density at radius 3 is 3.00 bits per heavy atom. The number of nitrogens with one attached hydrogen (secondary N) is 1. The van der Waals surface area contributed by atoms with E-state index in [2.05, 4.69) is 27.0 Å². The van der Waals surface area contributed by atoms with E-state index in [1.54, 1.807) is 11.3 Å². The van der Waals surface area contributed by atoms with E-state index in [1.165, 1.54) is 5.56 Å². The van der Waals surface area contributed by atoms with Gasteiger partial charge in [-0.05, 0) is 35.2 Å². The average Bonchev–Trinajstić information content (AvgIpc) is 3.19. The molecule has 1 atom stereocenters. The van der Waals surface area contributed by atoms with Crippen LogP contribution in [0.3, 0.4) is 0 Å². The Morgan fingerprint density at radius 1 is 1.38 bits per heavy atom. The van der Waals surface area contributed by atoms with Gasteiger partial charge >= 0.3 is 6.03 Å². The van der Waals surface area contributed by atoms with Crippen molar-refractivity contribution in [3.05, 3.63) is 22.4 Å². The first kappa shape index (κ1) is 14.8. The van der Waals surface area contributed by atoms with Crippen LogP contribution in [0.25, 0.3) is 0 Å². The second kappa shape index (κ2) is 7.24. The lowest BCUT2D eigenvalue weighted by molar-refractivity contribution is 0.0385. The summed E-state index contributed by atoms with van der Waals surface area (Å²) in [7, 11) is 0. The highest BCUT2D eigenvalue weighted by molar-refractivity contribution is 7.07. The molecule has 2 fully saturated rings. The second-order valence-corrected chi connectivity index (χ2v) is 6.37. The van der Waals surface area contributed by atoms with Gasteiger partial charge in [0.15, 0.2) is 0 Å². The van der Waals surface area contributed by atoms with Crippen molar-refractivity contribution in [2.45, 2.75) is 18.9 Å². The third kappa shape index (κ3) is 3.75. The highest BCUT2D eigenvalue weighted by Crippen LogP contribution is 2.32. The lowest BCUT2D eigenvalue weighted by atomic mass is 10.1. The molecule has 0 bridgehead atoms. The molecule has 21 heavy (non-hydrogen) atoms. The van der Waals surface area contributed by atoms with E-state index in [9.17, 15) is 4.79 Å². The van der Waals surface area contributed by atoms with Crippen LogP contribution in [0.5, 0.6) is 0 Å². The summed E-state index contributed by atoms with van der Waals surface area (Å²) in [4.78, 5) is 16.7. The molecule has 3 heterocycles. The van der Waals surface area contributed by atoms with Crippen LogP contribution in [-0.2, 0) is 4.74 Å². The highest BCUT2D eigenvalue weighted by atomic mass is 32.1. The summed E-state index contributed by atoms with van der Waals surface area (Å²) in [6.07, 6.45) is 2.17. The van der Waals surface area contributed by atoms with Crippen LogP contribution < -0.4 is 5.32 Å². The van der Waals surface area contributed by atoms with E-state index in [4.69, 9.17) is 4.74 Å². The molecule has 0 aliphatic carbocycles. The molecule has 2 saturated heterocycles. The molecule has 2 aliphatic rings. The third-order valence-electron chi connectivity index (χ3n) is 4.25. The van der Waals surface area contributed by atoms with Gasteiger partial charge in [0.2, 0.25) is 0 Å². The number of amides is 2. The first-order chi connectivity index (χ1) is 10.3. The zero-order valence-corrected chi connectivity index (χ0v) is 13.1. The van der Waals surface area contributed by atoms with Gasteiger partial charge in [-0.1, -0.05) is 0 Å². The normalized spacial score (nSPS) is 23.4. The number of carbonyl (C=O) groups is 1. The Bertz CT molecular complexity index is 446. The third-order valence-corrected chi connectivity index (χ3v) is 4.95. The molecule has 0 unspecified atom stereocenters. The van der Waals surface area contributed by atoms with Crippen molar-refractivity contribution in [1.82, 2.24) is 15.1 Å². The zero-order chi connectivity index (χ0) is 14.5. The zero-order valence-electron chi connectivity index (χ0n) is 12.3. The van der Waals surface area contributed by atoms with E-state index in [1.807, 2.05) is 4.90 Å². The van der Waals surface area contributed by atoms with E-state index in [-0.39, 0.29) is 12.1 Å². The van der Waals surface area contributed by atoms with Crippen molar-refractivity contribution in [3.8, 4) is 0 Å². The summed E-state index contributed by atoms with van der Waals surface area (Å²) in [5.41, 5.74) is 1.28. The summed E-state index contributed by atoms with van der Waals surface area (Å²) in [5, 5.41) is 7.31. The SMILES string of the molecule is O=C(NCCN1CCOCC1)N1CCC[C@H]1c1ccsc1. The quantitative estimate of drug-likeness (QED) is 0.924. The summed E-state index contributed by atoms with van der Waals surface area (Å²) in [6.45, 7) is 6.04. The van der Waals surface area contributed by atoms with Gasteiger partial charge in [-0.15, -0.1) is 0 Å². The van der Waals surface area contributed by atoms with Crippen LogP contribution in [-0.4, -0.2) is 61.8 Å². The van der Waals surface area contributed by atoms with E-state index in [0.29, 0.717) is 6.54 Å². The van der Waals surface area contributed by atoms with Crippen molar-refractivity contribution < 1.29 is 9.53 Å². The maximum absolute atomic E-state index is 12.4. The van der Waals surface area contributed by atoms with Crippen molar-refractivity contribution >= 4 is 17.4 Å². The van der Waals surface area contributed by atoms with Crippen molar-refractivity contribution in [1.29, 1.82) is 0 Å². The molecular weight excluding hydrogens is 286 g/mol. The van der Waals surface area contributed by atoms with Crippen molar-refractivity contribution in [2.75, 3.05) is 45.9 Å². The number of morpholine rings is 1. The monoisotopic (exact) mass is 309 g/mol. The molecule has 2 amide bonds. The molecule has 0 spiro atoms. The Labute approximate surface area is 129 Å². The molecule has 2 aliphatic heterocycles. The van der Waals surface area contributed by atoms with Gasteiger partial charge in [0, 0.05) is 32.7 Å². The topological polar surface area (TPSA) is 44.8 Å². The molecule has 6 heteroatoms. The minimum atomic E-state index is 0.0805. The van der Waals surface area contributed by atoms with Gasteiger partial charge in [-0.2, -0.15) is 11.3 Å². The number of nitrogens with zero attached hydrogens (tertiary/aromatic N) is 2. The Hall–Kier alpha value is -1.11. The van der Waals surface area contributed by atoms with Gasteiger partial charge in [-0.3, -0.25) is 4.90 Å². The molecule has 116 valence electrons. The number of hydrogen-bond acceptors (Lipinski definition) is 4. The number of rotatable bonds is 4. The number of urea groups is 1. The molecule has 3 rings (SSSR count). The Morgan fingerprint density at radius 2 is 2.24 bits per heavy atom. The average molecular weight is 309 g/mol. The summed E-state index contributed by atoms with van der Waals surface area (Å²) >= 11 is 1.70. The number of likely N-dealkylation sites (tertiary alicyclic amines) is 1. The number of ether oxygens (including phenoxy) is 1. The van der Waals surface area contributed by atoms with E-state index in [0.717, 1.165) is 52.2 Å². The summed E-state index contributed by atoms with van der Waals surface area (Å²) in [6, 6.07) is 2.48. The molecule has 1 aromatic heterocycles. The standard InChI is InChI=1S/C15H23N3O2S/c19-15(16-4-6-17-7-9-20-10-8-17)18-5-1-2-14(18)13-3-11-21-12-13/h3,11-12,14H,1-2,4-10H2,(H,16,19)/t14-/m0/s1. The lowest BCUT2D eigenvalue weighted by Crippen LogP contribution is -2.45. The lowest BCUT2D eigenvalue weighted by Gasteiger charge is -2.28. The summed E-state index contributed by atoms with van der Waals surface area (Å²) in [5.74, 6) is 0. The molecule has 1 N–H and O–H groups in total. The van der Waals surface area contributed by atoms with Crippen molar-refractivity contribution in [2.24, 2.45) is 0 Å². The fourth-order valence-electron chi connectivity index (χ4n) is 3.07. The number of carbonyl (C=O) groups excluding carboxylic acids is 1. The van der Waals surface area contributed by atoms with E-state index >= 15 is 0 Å². The largest absolute Gasteiger partial charge is 0.379 e. The van der Waals surface area contributed by atoms with Gasteiger partial charge in [0.25, 0.3) is 0 Å². The van der Waals surface area contributed by atoms with Crippen LogP contribution >= 0.6 is 11.3 Å². The fourth-order valence-corrected chi connectivity index (χ4v) is 3.78. The minimum absolute atomic E-state index is 0.0805. The molecular formula is C15H23N3O2S. The maximum atomic E-state index is 12.4. The predicted octanol–water partition coefficient (Wildman–Crippen LogP) is 1.93. The summed E-state index contributed by atoms with van der Waals surface area (Å²) < 4.78 is 5.33. The molecule has 0 aromatic carbocycles. The molecule has 5 nitrogen and oxygen atoms in total.